The average molecular weight is 346 g/mol. The van der Waals surface area contributed by atoms with Gasteiger partial charge < -0.3 is 15.2 Å². The fourth-order valence-corrected chi connectivity index (χ4v) is 4.15. The number of rotatable bonds is 3. The van der Waals surface area contributed by atoms with Gasteiger partial charge in [0.2, 0.25) is 0 Å². The number of benzene rings is 1. The SMILES string of the molecule is Cc1nc(N)c2ncn(Cc3ccc(C4=CN5CCC4CC5)cc3)c2n1. The van der Waals surface area contributed by atoms with Crippen LogP contribution in [0.4, 0.5) is 5.82 Å². The van der Waals surface area contributed by atoms with Crippen molar-refractivity contribution in [1.29, 1.82) is 0 Å². The van der Waals surface area contributed by atoms with Crippen molar-refractivity contribution < 1.29 is 0 Å². The molecule has 0 aliphatic carbocycles. The standard InChI is InChI=1S/C20H22N6/c1-13-23-19(21)18-20(24-13)26(12-22-18)10-14-2-4-15(5-3-14)17-11-25-8-6-16(17)7-9-25/h2-5,11-12,16H,6-10H2,1H3,(H2,21,23,24). The number of imidazole rings is 1. The number of fused-ring (bicyclic) bond motifs is 3. The number of nitrogens with zero attached hydrogens (tertiary/aromatic N) is 5. The van der Waals surface area contributed by atoms with Crippen molar-refractivity contribution in [3.8, 4) is 0 Å². The molecule has 2 aromatic heterocycles. The molecule has 0 spiro atoms. The largest absolute Gasteiger partial charge is 0.382 e. The summed E-state index contributed by atoms with van der Waals surface area (Å²) in [6, 6.07) is 8.90. The molecule has 3 aromatic rings. The lowest BCUT2D eigenvalue weighted by atomic mass is 9.82. The molecule has 0 unspecified atom stereocenters. The normalized spacial score (nSPS) is 17.1. The highest BCUT2D eigenvalue weighted by Crippen LogP contribution is 2.37. The molecule has 3 aliphatic rings. The molecule has 0 radical (unpaired) electrons. The number of nitrogen functional groups attached to an aromatic ring is 1. The van der Waals surface area contributed by atoms with Crippen LogP contribution in [0.3, 0.4) is 0 Å². The Hall–Kier alpha value is -2.89. The molecule has 26 heavy (non-hydrogen) atoms. The number of nitrogens with two attached hydrogens (primary N) is 1. The van der Waals surface area contributed by atoms with E-state index in [0.717, 1.165) is 18.1 Å². The third-order valence-corrected chi connectivity index (χ3v) is 5.53. The van der Waals surface area contributed by atoms with Crippen molar-refractivity contribution in [3.05, 3.63) is 53.7 Å². The number of allylic oxidation sites excluding steroid dienone is 1. The summed E-state index contributed by atoms with van der Waals surface area (Å²) in [4.78, 5) is 15.5. The Kier molecular flexibility index (Phi) is 3.45. The maximum atomic E-state index is 5.96. The Morgan fingerprint density at radius 1 is 1.12 bits per heavy atom. The van der Waals surface area contributed by atoms with E-state index in [-0.39, 0.29) is 0 Å². The lowest BCUT2D eigenvalue weighted by Gasteiger charge is -2.39. The molecule has 6 nitrogen and oxygen atoms in total. The third-order valence-electron chi connectivity index (χ3n) is 5.53. The van der Waals surface area contributed by atoms with Crippen molar-refractivity contribution in [3.63, 3.8) is 0 Å². The highest BCUT2D eigenvalue weighted by atomic mass is 15.1. The Morgan fingerprint density at radius 2 is 1.88 bits per heavy atom. The number of aryl methyl sites for hydroxylation is 1. The predicted octanol–water partition coefficient (Wildman–Crippen LogP) is 2.83. The topological polar surface area (TPSA) is 72.9 Å². The monoisotopic (exact) mass is 346 g/mol. The summed E-state index contributed by atoms with van der Waals surface area (Å²) in [6.45, 7) is 5.00. The molecule has 132 valence electrons. The van der Waals surface area contributed by atoms with Gasteiger partial charge in [0.1, 0.15) is 11.3 Å². The summed E-state index contributed by atoms with van der Waals surface area (Å²) in [7, 11) is 0. The van der Waals surface area contributed by atoms with Gasteiger partial charge in [-0.1, -0.05) is 24.3 Å². The summed E-state index contributed by atoms with van der Waals surface area (Å²) < 4.78 is 2.03. The van der Waals surface area contributed by atoms with Crippen molar-refractivity contribution in [2.24, 2.45) is 5.92 Å². The Bertz CT molecular complexity index is 993. The van der Waals surface area contributed by atoms with Gasteiger partial charge in [0.05, 0.1) is 12.9 Å². The van der Waals surface area contributed by atoms with E-state index in [9.17, 15) is 0 Å². The summed E-state index contributed by atoms with van der Waals surface area (Å²) in [5.74, 6) is 1.84. The van der Waals surface area contributed by atoms with E-state index in [1.807, 2.05) is 11.5 Å². The summed E-state index contributed by atoms with van der Waals surface area (Å²) in [5.41, 5.74) is 11.5. The van der Waals surface area contributed by atoms with Crippen molar-refractivity contribution in [2.75, 3.05) is 18.8 Å². The maximum Gasteiger partial charge on any atom is 0.166 e. The van der Waals surface area contributed by atoms with E-state index in [1.165, 1.54) is 42.6 Å². The van der Waals surface area contributed by atoms with E-state index >= 15 is 0 Å². The molecule has 0 amide bonds. The van der Waals surface area contributed by atoms with Crippen LogP contribution < -0.4 is 5.73 Å². The summed E-state index contributed by atoms with van der Waals surface area (Å²) >= 11 is 0. The molecule has 1 fully saturated rings. The number of piperidine rings is 1. The molecule has 1 saturated heterocycles. The molecule has 2 N–H and O–H groups in total. The quantitative estimate of drug-likeness (QED) is 0.789. The van der Waals surface area contributed by atoms with Crippen LogP contribution in [-0.4, -0.2) is 37.5 Å². The fourth-order valence-electron chi connectivity index (χ4n) is 4.15. The minimum atomic E-state index is 0.441. The van der Waals surface area contributed by atoms with E-state index in [4.69, 9.17) is 5.73 Å². The Balaban J connectivity index is 1.42. The lowest BCUT2D eigenvalue weighted by Crippen LogP contribution is -2.35. The lowest BCUT2D eigenvalue weighted by molar-refractivity contribution is 0.252. The number of hydrogen-bond acceptors (Lipinski definition) is 5. The zero-order valence-electron chi connectivity index (χ0n) is 14.9. The molecule has 2 bridgehead atoms. The van der Waals surface area contributed by atoms with Crippen molar-refractivity contribution in [2.45, 2.75) is 26.3 Å². The zero-order valence-corrected chi connectivity index (χ0v) is 14.9. The van der Waals surface area contributed by atoms with Gasteiger partial charge in [-0.25, -0.2) is 15.0 Å². The van der Waals surface area contributed by atoms with Gasteiger partial charge in [-0.2, -0.15) is 0 Å². The van der Waals surface area contributed by atoms with Gasteiger partial charge in [-0.15, -0.1) is 0 Å². The van der Waals surface area contributed by atoms with Crippen LogP contribution in [0.15, 0.2) is 36.8 Å². The molecule has 6 rings (SSSR count). The zero-order chi connectivity index (χ0) is 17.7. The smallest absolute Gasteiger partial charge is 0.166 e. The Labute approximate surface area is 152 Å². The van der Waals surface area contributed by atoms with Crippen molar-refractivity contribution in [1.82, 2.24) is 24.4 Å². The summed E-state index contributed by atoms with van der Waals surface area (Å²) in [6.07, 6.45) is 6.72. The van der Waals surface area contributed by atoms with Crippen LogP contribution in [0.2, 0.25) is 0 Å². The minimum Gasteiger partial charge on any atom is -0.382 e. The molecular weight excluding hydrogens is 324 g/mol. The second-order valence-corrected chi connectivity index (χ2v) is 7.29. The maximum absolute atomic E-state index is 5.96. The van der Waals surface area contributed by atoms with Gasteiger partial charge in [0, 0.05) is 19.3 Å². The molecule has 0 saturated carbocycles. The highest BCUT2D eigenvalue weighted by molar-refractivity contribution is 5.81. The van der Waals surface area contributed by atoms with E-state index in [2.05, 4.69) is 50.3 Å². The van der Waals surface area contributed by atoms with Gasteiger partial charge in [0.25, 0.3) is 0 Å². The minimum absolute atomic E-state index is 0.441. The highest BCUT2D eigenvalue weighted by Gasteiger charge is 2.27. The van der Waals surface area contributed by atoms with E-state index < -0.39 is 0 Å². The van der Waals surface area contributed by atoms with Crippen LogP contribution >= 0.6 is 0 Å². The number of hydrogen-bond donors (Lipinski definition) is 1. The van der Waals surface area contributed by atoms with Crippen LogP contribution in [0, 0.1) is 12.8 Å². The molecule has 5 heterocycles. The van der Waals surface area contributed by atoms with Crippen LogP contribution in [-0.2, 0) is 6.54 Å². The van der Waals surface area contributed by atoms with Gasteiger partial charge in [-0.05, 0) is 42.4 Å². The second-order valence-electron chi connectivity index (χ2n) is 7.29. The first-order valence-corrected chi connectivity index (χ1v) is 9.17. The van der Waals surface area contributed by atoms with Gasteiger partial charge in [-0.3, -0.25) is 0 Å². The van der Waals surface area contributed by atoms with Crippen LogP contribution in [0.1, 0.15) is 29.8 Å². The van der Waals surface area contributed by atoms with E-state index in [0.29, 0.717) is 17.2 Å². The fraction of sp³-hybridized carbons (Fsp3) is 0.350. The van der Waals surface area contributed by atoms with Gasteiger partial charge in [0.15, 0.2) is 11.5 Å². The first kappa shape index (κ1) is 15.4. The molecular formula is C20H22N6. The molecule has 0 atom stereocenters. The first-order valence-electron chi connectivity index (χ1n) is 9.17. The van der Waals surface area contributed by atoms with Gasteiger partial charge >= 0.3 is 0 Å². The first-order chi connectivity index (χ1) is 12.7. The summed E-state index contributed by atoms with van der Waals surface area (Å²) in [5, 5.41) is 0. The predicted molar refractivity (Wildman–Crippen MR) is 102 cm³/mol. The van der Waals surface area contributed by atoms with Crippen molar-refractivity contribution >= 4 is 22.6 Å². The average Bonchev–Trinajstić information content (AvgIpc) is 3.06. The number of anilines is 1. The molecule has 3 aliphatic heterocycles. The second kappa shape index (κ2) is 5.83. The molecule has 1 aromatic carbocycles. The molecule has 6 heteroatoms. The third kappa shape index (κ3) is 2.53. The van der Waals surface area contributed by atoms with Crippen LogP contribution in [0.5, 0.6) is 0 Å². The van der Waals surface area contributed by atoms with E-state index in [1.54, 1.807) is 6.33 Å². The number of aromatic nitrogens is 4. The Morgan fingerprint density at radius 3 is 2.58 bits per heavy atom. The van der Waals surface area contributed by atoms with Crippen LogP contribution in [0.25, 0.3) is 16.7 Å².